The summed E-state index contributed by atoms with van der Waals surface area (Å²) in [5.74, 6) is 0.768. The van der Waals surface area contributed by atoms with Crippen molar-refractivity contribution in [2.75, 3.05) is 23.4 Å². The fourth-order valence-electron chi connectivity index (χ4n) is 4.17. The number of amides is 2. The first-order valence-electron chi connectivity index (χ1n) is 10.3. The quantitative estimate of drug-likeness (QED) is 0.718. The molecule has 154 valence electrons. The second-order valence-corrected chi connectivity index (χ2v) is 7.74. The third-order valence-electron chi connectivity index (χ3n) is 5.61. The van der Waals surface area contributed by atoms with Gasteiger partial charge in [0, 0.05) is 30.0 Å². The second-order valence-electron chi connectivity index (χ2n) is 7.74. The zero-order valence-electron chi connectivity index (χ0n) is 16.9. The number of hydrogen-bond donors (Lipinski definition) is 1. The first-order valence-corrected chi connectivity index (χ1v) is 10.3. The van der Waals surface area contributed by atoms with E-state index < -0.39 is 0 Å². The van der Waals surface area contributed by atoms with Gasteiger partial charge in [0.1, 0.15) is 17.9 Å². The lowest BCUT2D eigenvalue weighted by molar-refractivity contribution is 0.102. The summed E-state index contributed by atoms with van der Waals surface area (Å²) in [5, 5.41) is 2.95. The van der Waals surface area contributed by atoms with Gasteiger partial charge < -0.3 is 14.6 Å². The molecular weight excluding hydrogens is 382 g/mol. The molecule has 4 heterocycles. The first-order chi connectivity index (χ1) is 14.6. The van der Waals surface area contributed by atoms with Crippen LogP contribution in [0.2, 0.25) is 0 Å². The van der Waals surface area contributed by atoms with Crippen molar-refractivity contribution in [1.29, 1.82) is 0 Å². The van der Waals surface area contributed by atoms with Crippen molar-refractivity contribution in [2.45, 2.75) is 39.2 Å². The van der Waals surface area contributed by atoms with Gasteiger partial charge in [-0.1, -0.05) is 12.5 Å². The third-order valence-corrected chi connectivity index (χ3v) is 5.61. The highest BCUT2D eigenvalue weighted by Gasteiger charge is 2.24. The lowest BCUT2D eigenvalue weighted by Gasteiger charge is -2.14. The zero-order chi connectivity index (χ0) is 20.7. The van der Waals surface area contributed by atoms with Gasteiger partial charge in [0.25, 0.3) is 5.91 Å². The highest BCUT2D eigenvalue weighted by molar-refractivity contribution is 6.11. The number of carbonyl (C=O) groups is 2. The number of anilines is 2. The number of benzene rings is 1. The SMILES string of the molecule is Cc1cc(C(=O)Nc2cccc(N3CCOC3=O)c2)c2nc3n(c2n1)CCCCC3. The summed E-state index contributed by atoms with van der Waals surface area (Å²) in [5.41, 5.74) is 4.04. The van der Waals surface area contributed by atoms with E-state index in [1.165, 1.54) is 6.42 Å². The average Bonchev–Trinajstić information content (AvgIpc) is 3.22. The Morgan fingerprint density at radius 2 is 2.03 bits per heavy atom. The monoisotopic (exact) mass is 405 g/mol. The molecule has 1 N–H and O–H groups in total. The predicted molar refractivity (Wildman–Crippen MR) is 113 cm³/mol. The Bertz CT molecular complexity index is 1150. The molecule has 2 amide bonds. The minimum absolute atomic E-state index is 0.236. The molecule has 3 aromatic rings. The Morgan fingerprint density at radius 3 is 2.87 bits per heavy atom. The molecule has 2 aromatic heterocycles. The Balaban J connectivity index is 1.48. The van der Waals surface area contributed by atoms with Gasteiger partial charge in [-0.3, -0.25) is 9.69 Å². The van der Waals surface area contributed by atoms with Gasteiger partial charge in [-0.05, 0) is 44.0 Å². The number of nitrogens with one attached hydrogen (secondary N) is 1. The Morgan fingerprint density at radius 1 is 1.13 bits per heavy atom. The third kappa shape index (κ3) is 3.28. The maximum Gasteiger partial charge on any atom is 0.414 e. The molecule has 0 aliphatic carbocycles. The van der Waals surface area contributed by atoms with E-state index in [1.807, 2.05) is 19.1 Å². The maximum absolute atomic E-state index is 13.2. The van der Waals surface area contributed by atoms with Gasteiger partial charge in [0.2, 0.25) is 0 Å². The number of fused-ring (bicyclic) bond motifs is 3. The number of carbonyl (C=O) groups excluding carboxylic acids is 2. The topological polar surface area (TPSA) is 89.4 Å². The van der Waals surface area contributed by atoms with Crippen LogP contribution < -0.4 is 10.2 Å². The first kappa shape index (κ1) is 18.6. The lowest BCUT2D eigenvalue weighted by atomic mass is 10.1. The standard InChI is InChI=1S/C22H23N5O3/c1-14-12-17(19-20(23-14)27-9-4-2-3-8-18(27)25-19)21(28)24-15-6-5-7-16(13-15)26-10-11-30-22(26)29/h5-7,12-13H,2-4,8-11H2,1H3,(H,24,28). The predicted octanol–water partition coefficient (Wildman–Crippen LogP) is 3.68. The van der Waals surface area contributed by atoms with Gasteiger partial charge in [-0.2, -0.15) is 0 Å². The van der Waals surface area contributed by atoms with E-state index in [2.05, 4.69) is 14.9 Å². The van der Waals surface area contributed by atoms with Gasteiger partial charge >= 0.3 is 6.09 Å². The van der Waals surface area contributed by atoms with Crippen molar-refractivity contribution in [3.05, 3.63) is 47.4 Å². The summed E-state index contributed by atoms with van der Waals surface area (Å²) >= 11 is 0. The van der Waals surface area contributed by atoms with Crippen molar-refractivity contribution in [2.24, 2.45) is 0 Å². The van der Waals surface area contributed by atoms with Crippen molar-refractivity contribution < 1.29 is 14.3 Å². The number of hydrogen-bond acceptors (Lipinski definition) is 5. The van der Waals surface area contributed by atoms with Crippen LogP contribution >= 0.6 is 0 Å². The zero-order valence-corrected chi connectivity index (χ0v) is 16.9. The molecule has 0 unspecified atom stereocenters. The number of ether oxygens (including phenoxy) is 1. The number of cyclic esters (lactones) is 1. The summed E-state index contributed by atoms with van der Waals surface area (Å²) in [6, 6.07) is 8.99. The average molecular weight is 405 g/mol. The smallest absolute Gasteiger partial charge is 0.414 e. The van der Waals surface area contributed by atoms with Crippen LogP contribution in [0.1, 0.15) is 41.1 Å². The van der Waals surface area contributed by atoms with Crippen LogP contribution in [0.3, 0.4) is 0 Å². The number of imidazole rings is 1. The van der Waals surface area contributed by atoms with E-state index in [4.69, 9.17) is 9.72 Å². The molecule has 2 aliphatic heterocycles. The molecule has 8 heteroatoms. The van der Waals surface area contributed by atoms with Crippen LogP contribution in [-0.4, -0.2) is 39.7 Å². The summed E-state index contributed by atoms with van der Waals surface area (Å²) in [4.78, 5) is 36.0. The van der Waals surface area contributed by atoms with Gasteiger partial charge in [-0.15, -0.1) is 0 Å². The van der Waals surface area contributed by atoms with Crippen molar-refractivity contribution in [1.82, 2.24) is 14.5 Å². The largest absolute Gasteiger partial charge is 0.447 e. The fourth-order valence-corrected chi connectivity index (χ4v) is 4.17. The fraction of sp³-hybridized carbons (Fsp3) is 0.364. The molecule has 1 aromatic carbocycles. The molecule has 0 spiro atoms. The molecule has 8 nitrogen and oxygen atoms in total. The van der Waals surface area contributed by atoms with Crippen LogP contribution in [-0.2, 0) is 17.7 Å². The summed E-state index contributed by atoms with van der Waals surface area (Å²) < 4.78 is 7.16. The van der Waals surface area contributed by atoms with Crippen LogP contribution in [0.15, 0.2) is 30.3 Å². The van der Waals surface area contributed by atoms with E-state index in [0.717, 1.165) is 43.0 Å². The number of nitrogens with zero attached hydrogens (tertiary/aromatic N) is 4. The molecule has 0 radical (unpaired) electrons. The molecular formula is C22H23N5O3. The Hall–Kier alpha value is -3.42. The molecule has 5 rings (SSSR count). The van der Waals surface area contributed by atoms with Crippen LogP contribution in [0.25, 0.3) is 11.2 Å². The highest BCUT2D eigenvalue weighted by Crippen LogP contribution is 2.26. The van der Waals surface area contributed by atoms with E-state index in [0.29, 0.717) is 35.6 Å². The molecule has 0 atom stereocenters. The lowest BCUT2D eigenvalue weighted by Crippen LogP contribution is -2.23. The highest BCUT2D eigenvalue weighted by atomic mass is 16.6. The summed E-state index contributed by atoms with van der Waals surface area (Å²) in [6.07, 6.45) is 3.93. The van der Waals surface area contributed by atoms with Crippen LogP contribution in [0.4, 0.5) is 16.2 Å². The molecule has 0 bridgehead atoms. The molecule has 0 saturated carbocycles. The van der Waals surface area contributed by atoms with Gasteiger partial charge in [-0.25, -0.2) is 14.8 Å². The normalized spacial score (nSPS) is 16.3. The second kappa shape index (κ2) is 7.44. The van der Waals surface area contributed by atoms with E-state index in [9.17, 15) is 9.59 Å². The minimum Gasteiger partial charge on any atom is -0.447 e. The van der Waals surface area contributed by atoms with Crippen molar-refractivity contribution >= 4 is 34.5 Å². The van der Waals surface area contributed by atoms with E-state index >= 15 is 0 Å². The van der Waals surface area contributed by atoms with Crippen molar-refractivity contribution in [3.8, 4) is 0 Å². The number of aromatic nitrogens is 3. The number of aryl methyl sites for hydroxylation is 3. The molecule has 1 saturated heterocycles. The Kier molecular flexibility index (Phi) is 4.61. The number of pyridine rings is 1. The molecule has 2 aliphatic rings. The number of rotatable bonds is 3. The van der Waals surface area contributed by atoms with Crippen LogP contribution in [0.5, 0.6) is 0 Å². The van der Waals surface area contributed by atoms with E-state index in [1.54, 1.807) is 23.1 Å². The molecule has 30 heavy (non-hydrogen) atoms. The molecule has 1 fully saturated rings. The summed E-state index contributed by atoms with van der Waals surface area (Å²) in [6.45, 7) is 3.65. The van der Waals surface area contributed by atoms with Gasteiger partial charge in [0.15, 0.2) is 5.65 Å². The van der Waals surface area contributed by atoms with E-state index in [-0.39, 0.29) is 12.0 Å². The maximum atomic E-state index is 13.2. The van der Waals surface area contributed by atoms with Gasteiger partial charge in [0.05, 0.1) is 12.1 Å². The Labute approximate surface area is 173 Å². The minimum atomic E-state index is -0.371. The van der Waals surface area contributed by atoms with Crippen molar-refractivity contribution in [3.63, 3.8) is 0 Å². The summed E-state index contributed by atoms with van der Waals surface area (Å²) in [7, 11) is 0. The van der Waals surface area contributed by atoms with Crippen LogP contribution in [0, 0.1) is 6.92 Å².